The van der Waals surface area contributed by atoms with Crippen molar-refractivity contribution in [2.24, 2.45) is 5.73 Å². The number of nitrogens with two attached hydrogens (primary N) is 1. The Morgan fingerprint density at radius 2 is 1.94 bits per heavy atom. The minimum absolute atomic E-state index is 0.0127. The molecule has 0 spiro atoms. The molecule has 0 bridgehead atoms. The maximum Gasteiger partial charge on any atom is 0.410 e. The Balaban J connectivity index is 3.16. The minimum Gasteiger partial charge on any atom is -0.330 e. The van der Waals surface area contributed by atoms with Crippen molar-refractivity contribution in [2.45, 2.75) is 32.0 Å². The van der Waals surface area contributed by atoms with Crippen molar-refractivity contribution in [3.05, 3.63) is 11.4 Å². The van der Waals surface area contributed by atoms with E-state index in [4.69, 9.17) is 5.73 Å². The van der Waals surface area contributed by atoms with Crippen LogP contribution in [0.1, 0.15) is 30.8 Å². The zero-order valence-corrected chi connectivity index (χ0v) is 8.88. The molecule has 1 unspecified atom stereocenters. The van der Waals surface area contributed by atoms with Crippen molar-refractivity contribution < 1.29 is 22.0 Å². The highest BCUT2D eigenvalue weighted by atomic mass is 19.4. The number of aromatic nitrogens is 3. The second-order valence-corrected chi connectivity index (χ2v) is 3.42. The van der Waals surface area contributed by atoms with E-state index in [-0.39, 0.29) is 23.3 Å². The lowest BCUT2D eigenvalue weighted by Crippen LogP contribution is -2.26. The molecule has 98 valence electrons. The summed E-state index contributed by atoms with van der Waals surface area (Å²) < 4.78 is 62.8. The molecule has 1 heterocycles. The molecule has 1 atom stereocenters. The van der Waals surface area contributed by atoms with Gasteiger partial charge in [0.1, 0.15) is 11.7 Å². The van der Waals surface area contributed by atoms with Gasteiger partial charge in [0.15, 0.2) is 0 Å². The molecule has 4 nitrogen and oxygen atoms in total. The van der Waals surface area contributed by atoms with Crippen LogP contribution in [0.5, 0.6) is 0 Å². The van der Waals surface area contributed by atoms with E-state index in [0.29, 0.717) is 0 Å². The van der Waals surface area contributed by atoms with Gasteiger partial charge in [0.2, 0.25) is 0 Å². The minimum atomic E-state index is -4.66. The molecule has 0 aliphatic rings. The molecule has 1 rings (SSSR count). The molecular weight excluding hydrogens is 247 g/mol. The van der Waals surface area contributed by atoms with Crippen molar-refractivity contribution in [1.29, 1.82) is 0 Å². The Morgan fingerprint density at radius 3 is 2.35 bits per heavy atom. The summed E-state index contributed by atoms with van der Waals surface area (Å²) >= 11 is 0. The lowest BCUT2D eigenvalue weighted by molar-refractivity contribution is -0.166. The first-order valence-corrected chi connectivity index (χ1v) is 4.78. The first kappa shape index (κ1) is 13.8. The van der Waals surface area contributed by atoms with Crippen LogP contribution in [-0.4, -0.2) is 27.7 Å². The second-order valence-electron chi connectivity index (χ2n) is 3.42. The molecule has 1 aromatic rings. The third-order valence-corrected chi connectivity index (χ3v) is 2.23. The standard InChI is InChI=1S/C8H11F5N4/c1-4(8(11,12)13)17-6(7(9)10)5(2-3-14)15-16-17/h4,7H,2-3,14H2,1H3. The van der Waals surface area contributed by atoms with Gasteiger partial charge in [-0.3, -0.25) is 0 Å². The number of hydrogen-bond donors (Lipinski definition) is 1. The van der Waals surface area contributed by atoms with E-state index in [1.165, 1.54) is 0 Å². The van der Waals surface area contributed by atoms with E-state index >= 15 is 0 Å². The van der Waals surface area contributed by atoms with Crippen molar-refractivity contribution in [3.8, 4) is 0 Å². The molecule has 0 saturated heterocycles. The van der Waals surface area contributed by atoms with Gasteiger partial charge in [-0.1, -0.05) is 5.21 Å². The molecule has 9 heteroatoms. The van der Waals surface area contributed by atoms with E-state index in [9.17, 15) is 22.0 Å². The van der Waals surface area contributed by atoms with Crippen molar-refractivity contribution in [2.75, 3.05) is 6.54 Å². The summed E-state index contributed by atoms with van der Waals surface area (Å²) in [5.74, 6) is 0. The fourth-order valence-corrected chi connectivity index (χ4v) is 1.30. The maximum atomic E-state index is 12.7. The van der Waals surface area contributed by atoms with Crippen LogP contribution >= 0.6 is 0 Å². The van der Waals surface area contributed by atoms with E-state index in [1.807, 2.05) is 0 Å². The first-order chi connectivity index (χ1) is 7.79. The fourth-order valence-electron chi connectivity index (χ4n) is 1.30. The molecular formula is C8H11F5N4. The van der Waals surface area contributed by atoms with Crippen LogP contribution < -0.4 is 5.73 Å². The van der Waals surface area contributed by atoms with Crippen LogP contribution in [0, 0.1) is 0 Å². The van der Waals surface area contributed by atoms with Gasteiger partial charge in [-0.2, -0.15) is 13.2 Å². The maximum absolute atomic E-state index is 12.7. The van der Waals surface area contributed by atoms with Crippen molar-refractivity contribution in [1.82, 2.24) is 15.0 Å². The Morgan fingerprint density at radius 1 is 1.35 bits per heavy atom. The topological polar surface area (TPSA) is 56.7 Å². The summed E-state index contributed by atoms with van der Waals surface area (Å²) in [6, 6.07) is -2.15. The zero-order valence-electron chi connectivity index (χ0n) is 8.88. The van der Waals surface area contributed by atoms with Crippen LogP contribution in [0.3, 0.4) is 0 Å². The number of rotatable bonds is 4. The van der Waals surface area contributed by atoms with Gasteiger partial charge in [0.25, 0.3) is 6.43 Å². The number of alkyl halides is 5. The van der Waals surface area contributed by atoms with Gasteiger partial charge < -0.3 is 5.73 Å². The Hall–Kier alpha value is -1.25. The summed E-state index contributed by atoms with van der Waals surface area (Å²) in [4.78, 5) is 0. The van der Waals surface area contributed by atoms with E-state index in [0.717, 1.165) is 6.92 Å². The molecule has 0 aliphatic heterocycles. The van der Waals surface area contributed by atoms with Crippen LogP contribution in [0.25, 0.3) is 0 Å². The lowest BCUT2D eigenvalue weighted by atomic mass is 10.2. The van der Waals surface area contributed by atoms with E-state index in [2.05, 4.69) is 10.3 Å². The highest BCUT2D eigenvalue weighted by Gasteiger charge is 2.41. The average molecular weight is 258 g/mol. The van der Waals surface area contributed by atoms with E-state index < -0.39 is 24.3 Å². The predicted molar refractivity (Wildman–Crippen MR) is 48.5 cm³/mol. The quantitative estimate of drug-likeness (QED) is 0.838. The van der Waals surface area contributed by atoms with Gasteiger partial charge in [0.05, 0.1) is 5.69 Å². The predicted octanol–water partition coefficient (Wildman–Crippen LogP) is 1.84. The monoisotopic (exact) mass is 258 g/mol. The van der Waals surface area contributed by atoms with Crippen LogP contribution in [0.2, 0.25) is 0 Å². The summed E-state index contributed by atoms with van der Waals surface area (Å²) in [7, 11) is 0. The molecule has 0 radical (unpaired) electrons. The van der Waals surface area contributed by atoms with Crippen LogP contribution in [-0.2, 0) is 6.42 Å². The number of halogens is 5. The first-order valence-electron chi connectivity index (χ1n) is 4.78. The average Bonchev–Trinajstić information content (AvgIpc) is 2.59. The third-order valence-electron chi connectivity index (χ3n) is 2.23. The Labute approximate surface area is 93.6 Å². The molecule has 1 aromatic heterocycles. The Bertz CT molecular complexity index is 372. The van der Waals surface area contributed by atoms with Crippen molar-refractivity contribution >= 4 is 0 Å². The van der Waals surface area contributed by atoms with Gasteiger partial charge in [0, 0.05) is 6.42 Å². The number of hydrogen-bond acceptors (Lipinski definition) is 3. The summed E-state index contributed by atoms with van der Waals surface area (Å²) in [5, 5.41) is 6.45. The smallest absolute Gasteiger partial charge is 0.330 e. The van der Waals surface area contributed by atoms with Crippen LogP contribution in [0.4, 0.5) is 22.0 Å². The SMILES string of the molecule is CC(n1nnc(CCN)c1C(F)F)C(F)(F)F. The summed E-state index contributed by atoms with van der Waals surface area (Å²) in [6.07, 6.45) is -7.77. The lowest BCUT2D eigenvalue weighted by Gasteiger charge is -2.17. The summed E-state index contributed by atoms with van der Waals surface area (Å²) in [5.41, 5.74) is 4.14. The normalized spacial score (nSPS) is 14.4. The third kappa shape index (κ3) is 2.90. The van der Waals surface area contributed by atoms with Gasteiger partial charge in [-0.25, -0.2) is 13.5 Å². The fraction of sp³-hybridized carbons (Fsp3) is 0.750. The second kappa shape index (κ2) is 4.94. The molecule has 0 amide bonds. The van der Waals surface area contributed by atoms with Gasteiger partial charge in [-0.05, 0) is 13.5 Å². The molecule has 0 fully saturated rings. The molecule has 0 aromatic carbocycles. The molecule has 0 saturated carbocycles. The highest BCUT2D eigenvalue weighted by molar-refractivity contribution is 5.13. The van der Waals surface area contributed by atoms with E-state index in [1.54, 1.807) is 0 Å². The van der Waals surface area contributed by atoms with Crippen molar-refractivity contribution in [3.63, 3.8) is 0 Å². The largest absolute Gasteiger partial charge is 0.410 e. The summed E-state index contributed by atoms with van der Waals surface area (Å²) in [6.45, 7) is 0.756. The Kier molecular flexibility index (Phi) is 4.02. The highest BCUT2D eigenvalue weighted by Crippen LogP contribution is 2.33. The van der Waals surface area contributed by atoms with Gasteiger partial charge >= 0.3 is 6.18 Å². The van der Waals surface area contributed by atoms with Crippen LogP contribution in [0.15, 0.2) is 0 Å². The number of nitrogens with zero attached hydrogens (tertiary/aromatic N) is 3. The van der Waals surface area contributed by atoms with Gasteiger partial charge in [-0.15, -0.1) is 5.10 Å². The zero-order chi connectivity index (χ0) is 13.2. The molecule has 0 aliphatic carbocycles. The molecule has 2 N–H and O–H groups in total. The molecule has 17 heavy (non-hydrogen) atoms.